The van der Waals surface area contributed by atoms with Crippen molar-refractivity contribution in [2.75, 3.05) is 6.54 Å². The Morgan fingerprint density at radius 2 is 2.32 bits per heavy atom. The summed E-state index contributed by atoms with van der Waals surface area (Å²) in [5.74, 6) is 1.19. The Balaban J connectivity index is 1.75. The van der Waals surface area contributed by atoms with Gasteiger partial charge in [-0.2, -0.15) is 0 Å². The van der Waals surface area contributed by atoms with Gasteiger partial charge >= 0.3 is 0 Å². The lowest BCUT2D eigenvalue weighted by atomic mass is 10.0. The first kappa shape index (κ1) is 13.1. The molecule has 3 nitrogen and oxygen atoms in total. The van der Waals surface area contributed by atoms with E-state index in [2.05, 4.69) is 51.1 Å². The molecule has 1 aliphatic rings. The fourth-order valence-corrected chi connectivity index (χ4v) is 3.27. The minimum atomic E-state index is 0.681. The summed E-state index contributed by atoms with van der Waals surface area (Å²) >= 11 is 3.51. The molecule has 1 N–H and O–H groups in total. The molecule has 0 bridgehead atoms. The standard InChI is InChI=1S/C15H20BrN3/c1-19-14-7-5-11(16)10-13(14)18-15(19)8-6-12-4-2-3-9-17-12/h5,7,10,12,17H,2-4,6,8-9H2,1H3. The van der Waals surface area contributed by atoms with Crippen LogP contribution >= 0.6 is 15.9 Å². The van der Waals surface area contributed by atoms with Gasteiger partial charge in [0, 0.05) is 24.0 Å². The van der Waals surface area contributed by atoms with E-state index < -0.39 is 0 Å². The zero-order chi connectivity index (χ0) is 13.2. The van der Waals surface area contributed by atoms with Crippen molar-refractivity contribution < 1.29 is 0 Å². The van der Waals surface area contributed by atoms with Crippen LogP contribution in [0.25, 0.3) is 11.0 Å². The average molecular weight is 322 g/mol. The molecule has 2 heterocycles. The number of hydrogen-bond acceptors (Lipinski definition) is 2. The van der Waals surface area contributed by atoms with E-state index in [1.165, 1.54) is 43.6 Å². The summed E-state index contributed by atoms with van der Waals surface area (Å²) in [5.41, 5.74) is 2.30. The van der Waals surface area contributed by atoms with E-state index in [-0.39, 0.29) is 0 Å². The van der Waals surface area contributed by atoms with Crippen molar-refractivity contribution in [3.8, 4) is 0 Å². The number of halogens is 1. The van der Waals surface area contributed by atoms with Crippen LogP contribution in [0.3, 0.4) is 0 Å². The van der Waals surface area contributed by atoms with Gasteiger partial charge in [-0.25, -0.2) is 4.98 Å². The number of aromatic nitrogens is 2. The molecule has 1 aromatic heterocycles. The van der Waals surface area contributed by atoms with Gasteiger partial charge in [-0.15, -0.1) is 0 Å². The molecule has 0 aliphatic carbocycles. The van der Waals surface area contributed by atoms with Crippen molar-refractivity contribution in [1.29, 1.82) is 0 Å². The second kappa shape index (κ2) is 5.63. The molecule has 19 heavy (non-hydrogen) atoms. The molecule has 1 unspecified atom stereocenters. The first-order valence-electron chi connectivity index (χ1n) is 7.08. The SMILES string of the molecule is Cn1c(CCC2CCCCN2)nc2cc(Br)ccc21. The molecule has 1 atom stereocenters. The molecule has 2 aromatic rings. The number of rotatable bonds is 3. The molecule has 0 radical (unpaired) electrons. The van der Waals surface area contributed by atoms with E-state index in [0.29, 0.717) is 6.04 Å². The van der Waals surface area contributed by atoms with E-state index in [1.807, 2.05) is 0 Å². The average Bonchev–Trinajstić information content (AvgIpc) is 2.74. The van der Waals surface area contributed by atoms with Gasteiger partial charge < -0.3 is 9.88 Å². The summed E-state index contributed by atoms with van der Waals surface area (Å²) in [5, 5.41) is 3.61. The van der Waals surface area contributed by atoms with Crippen LogP contribution in [0.1, 0.15) is 31.5 Å². The van der Waals surface area contributed by atoms with Crippen molar-refractivity contribution in [3.63, 3.8) is 0 Å². The van der Waals surface area contributed by atoms with Crippen molar-refractivity contribution in [3.05, 3.63) is 28.5 Å². The summed E-state index contributed by atoms with van der Waals surface area (Å²) in [4.78, 5) is 4.76. The van der Waals surface area contributed by atoms with Crippen LogP contribution in [0.15, 0.2) is 22.7 Å². The van der Waals surface area contributed by atoms with E-state index >= 15 is 0 Å². The smallest absolute Gasteiger partial charge is 0.109 e. The third kappa shape index (κ3) is 2.84. The number of imidazole rings is 1. The van der Waals surface area contributed by atoms with Gasteiger partial charge in [0.05, 0.1) is 11.0 Å². The van der Waals surface area contributed by atoms with Crippen molar-refractivity contribution in [2.45, 2.75) is 38.1 Å². The number of nitrogens with one attached hydrogen (secondary N) is 1. The predicted molar refractivity (Wildman–Crippen MR) is 82.4 cm³/mol. The van der Waals surface area contributed by atoms with Crippen LogP contribution in [0.5, 0.6) is 0 Å². The molecule has 1 saturated heterocycles. The van der Waals surface area contributed by atoms with E-state index in [0.717, 1.165) is 16.4 Å². The van der Waals surface area contributed by atoms with Crippen molar-refractivity contribution >= 4 is 27.0 Å². The Morgan fingerprint density at radius 1 is 1.42 bits per heavy atom. The van der Waals surface area contributed by atoms with E-state index in [9.17, 15) is 0 Å². The minimum Gasteiger partial charge on any atom is -0.331 e. The Hall–Kier alpha value is -0.870. The van der Waals surface area contributed by atoms with Crippen LogP contribution in [0.2, 0.25) is 0 Å². The van der Waals surface area contributed by atoms with E-state index in [1.54, 1.807) is 0 Å². The molecular formula is C15H20BrN3. The molecule has 102 valence electrons. The normalized spacial score (nSPS) is 20.0. The highest BCUT2D eigenvalue weighted by molar-refractivity contribution is 9.10. The summed E-state index contributed by atoms with van der Waals surface area (Å²) in [6.07, 6.45) is 6.26. The van der Waals surface area contributed by atoms with Gasteiger partial charge in [-0.05, 0) is 44.0 Å². The maximum Gasteiger partial charge on any atom is 0.109 e. The third-order valence-corrected chi connectivity index (χ3v) is 4.56. The first-order valence-corrected chi connectivity index (χ1v) is 7.87. The van der Waals surface area contributed by atoms with Crippen LogP contribution in [-0.2, 0) is 13.5 Å². The van der Waals surface area contributed by atoms with Crippen molar-refractivity contribution in [1.82, 2.24) is 14.9 Å². The first-order chi connectivity index (χ1) is 9.24. The zero-order valence-electron chi connectivity index (χ0n) is 11.3. The molecular weight excluding hydrogens is 302 g/mol. The molecule has 3 rings (SSSR count). The van der Waals surface area contributed by atoms with E-state index in [4.69, 9.17) is 4.98 Å². The number of nitrogens with zero attached hydrogens (tertiary/aromatic N) is 2. The lowest BCUT2D eigenvalue weighted by molar-refractivity contribution is 0.380. The zero-order valence-corrected chi connectivity index (χ0v) is 12.9. The molecule has 4 heteroatoms. The molecule has 1 aliphatic heterocycles. The second-order valence-corrected chi connectivity index (χ2v) is 6.32. The van der Waals surface area contributed by atoms with Crippen molar-refractivity contribution in [2.24, 2.45) is 7.05 Å². The summed E-state index contributed by atoms with van der Waals surface area (Å²) in [6, 6.07) is 6.99. The Labute approximate surface area is 122 Å². The van der Waals surface area contributed by atoms with Crippen LogP contribution in [0, 0.1) is 0 Å². The monoisotopic (exact) mass is 321 g/mol. The Morgan fingerprint density at radius 3 is 3.11 bits per heavy atom. The quantitative estimate of drug-likeness (QED) is 0.938. The van der Waals surface area contributed by atoms with Gasteiger partial charge in [0.15, 0.2) is 0 Å². The highest BCUT2D eigenvalue weighted by atomic mass is 79.9. The maximum absolute atomic E-state index is 4.76. The van der Waals surface area contributed by atoms with Gasteiger partial charge in [0.2, 0.25) is 0 Å². The summed E-state index contributed by atoms with van der Waals surface area (Å²) in [6.45, 7) is 1.18. The number of hydrogen-bond donors (Lipinski definition) is 1. The lowest BCUT2D eigenvalue weighted by Crippen LogP contribution is -2.34. The topological polar surface area (TPSA) is 29.9 Å². The maximum atomic E-state index is 4.76. The minimum absolute atomic E-state index is 0.681. The number of piperidine rings is 1. The molecule has 1 fully saturated rings. The summed E-state index contributed by atoms with van der Waals surface area (Å²) < 4.78 is 3.32. The molecule has 0 amide bonds. The molecule has 0 spiro atoms. The van der Waals surface area contributed by atoms with Gasteiger partial charge in [0.1, 0.15) is 5.82 Å². The fraction of sp³-hybridized carbons (Fsp3) is 0.533. The predicted octanol–water partition coefficient (Wildman–Crippen LogP) is 3.41. The van der Waals surface area contributed by atoms with Crippen LogP contribution in [0.4, 0.5) is 0 Å². The molecule has 1 aromatic carbocycles. The number of fused-ring (bicyclic) bond motifs is 1. The second-order valence-electron chi connectivity index (χ2n) is 5.41. The third-order valence-electron chi connectivity index (χ3n) is 4.06. The Bertz CT molecular complexity index is 570. The molecule has 0 saturated carbocycles. The Kier molecular flexibility index (Phi) is 3.89. The van der Waals surface area contributed by atoms with Crippen LogP contribution < -0.4 is 5.32 Å². The lowest BCUT2D eigenvalue weighted by Gasteiger charge is -2.23. The van der Waals surface area contributed by atoms with Gasteiger partial charge in [0.25, 0.3) is 0 Å². The van der Waals surface area contributed by atoms with Gasteiger partial charge in [-0.1, -0.05) is 22.4 Å². The number of aryl methyl sites for hydroxylation is 2. The summed E-state index contributed by atoms with van der Waals surface area (Å²) in [7, 11) is 2.12. The largest absolute Gasteiger partial charge is 0.331 e. The fourth-order valence-electron chi connectivity index (χ4n) is 2.92. The highest BCUT2D eigenvalue weighted by Crippen LogP contribution is 2.21. The van der Waals surface area contributed by atoms with Gasteiger partial charge in [-0.3, -0.25) is 0 Å². The number of benzene rings is 1. The van der Waals surface area contributed by atoms with Crippen LogP contribution in [-0.4, -0.2) is 22.1 Å². The highest BCUT2D eigenvalue weighted by Gasteiger charge is 2.14.